The van der Waals surface area contributed by atoms with Crippen molar-refractivity contribution in [1.82, 2.24) is 10.2 Å². The van der Waals surface area contributed by atoms with E-state index < -0.39 is 12.1 Å². The van der Waals surface area contributed by atoms with E-state index >= 15 is 0 Å². The predicted octanol–water partition coefficient (Wildman–Crippen LogP) is 1.10. The highest BCUT2D eigenvalue weighted by Crippen LogP contribution is 2.09. The second-order valence-corrected chi connectivity index (χ2v) is 6.23. The van der Waals surface area contributed by atoms with Gasteiger partial charge in [-0.25, -0.2) is 4.79 Å². The van der Waals surface area contributed by atoms with Crippen LogP contribution in [0.3, 0.4) is 0 Å². The average Bonchev–Trinajstić information content (AvgIpc) is 2.38. The van der Waals surface area contributed by atoms with Crippen LogP contribution in [0.15, 0.2) is 0 Å². The fourth-order valence-corrected chi connectivity index (χ4v) is 2.42. The third-order valence-corrected chi connectivity index (χ3v) is 3.62. The van der Waals surface area contributed by atoms with E-state index in [0.717, 1.165) is 12.8 Å². The van der Waals surface area contributed by atoms with E-state index in [4.69, 9.17) is 9.84 Å². The predicted molar refractivity (Wildman–Crippen MR) is 80.1 cm³/mol. The van der Waals surface area contributed by atoms with Gasteiger partial charge in [-0.3, -0.25) is 9.69 Å². The summed E-state index contributed by atoms with van der Waals surface area (Å²) >= 11 is 0. The maximum absolute atomic E-state index is 12.0. The van der Waals surface area contributed by atoms with Crippen LogP contribution in [0.5, 0.6) is 0 Å². The van der Waals surface area contributed by atoms with E-state index in [-0.39, 0.29) is 25.0 Å². The quantitative estimate of drug-likeness (QED) is 0.702. The first-order valence-electron chi connectivity index (χ1n) is 7.74. The molecule has 6 heteroatoms. The minimum atomic E-state index is -0.970. The lowest BCUT2D eigenvalue weighted by Gasteiger charge is -2.30. The van der Waals surface area contributed by atoms with E-state index in [1.54, 1.807) is 0 Å². The highest BCUT2D eigenvalue weighted by Gasteiger charge is 2.27. The fraction of sp³-hybridized carbons (Fsp3) is 0.867. The highest BCUT2D eigenvalue weighted by molar-refractivity contribution is 5.78. The number of carbonyl (C=O) groups is 2. The number of hydrogen-bond acceptors (Lipinski definition) is 4. The maximum atomic E-state index is 12.0. The van der Waals surface area contributed by atoms with Gasteiger partial charge in [0.2, 0.25) is 5.91 Å². The van der Waals surface area contributed by atoms with Crippen molar-refractivity contribution in [3.05, 3.63) is 0 Å². The molecule has 2 unspecified atom stereocenters. The third-order valence-electron chi connectivity index (χ3n) is 3.62. The van der Waals surface area contributed by atoms with Crippen molar-refractivity contribution < 1.29 is 19.4 Å². The zero-order chi connectivity index (χ0) is 15.8. The van der Waals surface area contributed by atoms with E-state index in [1.807, 2.05) is 11.8 Å². The molecule has 1 rings (SSSR count). The number of nitrogens with one attached hydrogen (secondary N) is 1. The van der Waals surface area contributed by atoms with Gasteiger partial charge in [-0.05, 0) is 19.3 Å². The Labute approximate surface area is 126 Å². The van der Waals surface area contributed by atoms with Crippen LogP contribution in [0.2, 0.25) is 0 Å². The molecule has 0 aromatic heterocycles. The van der Waals surface area contributed by atoms with Crippen molar-refractivity contribution >= 4 is 11.9 Å². The van der Waals surface area contributed by atoms with Crippen LogP contribution in [0, 0.1) is 5.92 Å². The van der Waals surface area contributed by atoms with Crippen LogP contribution in [-0.4, -0.2) is 60.3 Å². The Morgan fingerprint density at radius 2 is 2.05 bits per heavy atom. The molecule has 1 aliphatic heterocycles. The molecule has 122 valence electrons. The Balaban J connectivity index is 2.24. The number of carbonyl (C=O) groups excluding carboxylic acids is 1. The topological polar surface area (TPSA) is 78.9 Å². The Morgan fingerprint density at radius 3 is 2.67 bits per heavy atom. The van der Waals surface area contributed by atoms with Crippen molar-refractivity contribution in [1.29, 1.82) is 0 Å². The van der Waals surface area contributed by atoms with Crippen molar-refractivity contribution in [3.8, 4) is 0 Å². The molecule has 1 saturated heterocycles. The van der Waals surface area contributed by atoms with Crippen molar-refractivity contribution in [3.63, 3.8) is 0 Å². The Morgan fingerprint density at radius 1 is 1.33 bits per heavy atom. The lowest BCUT2D eigenvalue weighted by molar-refractivity contribution is -0.156. The normalized spacial score (nSPS) is 21.2. The van der Waals surface area contributed by atoms with Crippen molar-refractivity contribution in [2.24, 2.45) is 5.92 Å². The van der Waals surface area contributed by atoms with Gasteiger partial charge in [0.15, 0.2) is 6.10 Å². The highest BCUT2D eigenvalue weighted by atomic mass is 16.5. The van der Waals surface area contributed by atoms with Gasteiger partial charge < -0.3 is 15.2 Å². The van der Waals surface area contributed by atoms with Gasteiger partial charge in [0.05, 0.1) is 13.2 Å². The number of ether oxygens (including phenoxy) is 1. The molecule has 0 spiro atoms. The SMILES string of the molecule is CC(C)CCCC(C)NC(=O)CN1CCOC(C(=O)O)C1. The summed E-state index contributed by atoms with van der Waals surface area (Å²) in [5.74, 6) is -0.325. The summed E-state index contributed by atoms with van der Waals surface area (Å²) in [4.78, 5) is 24.7. The minimum Gasteiger partial charge on any atom is -0.479 e. The van der Waals surface area contributed by atoms with E-state index in [9.17, 15) is 9.59 Å². The fourth-order valence-electron chi connectivity index (χ4n) is 2.42. The van der Waals surface area contributed by atoms with Crippen molar-refractivity contribution in [2.45, 2.75) is 52.2 Å². The van der Waals surface area contributed by atoms with Crippen LogP contribution in [0.25, 0.3) is 0 Å². The molecule has 6 nitrogen and oxygen atoms in total. The molecule has 2 N–H and O–H groups in total. The maximum Gasteiger partial charge on any atom is 0.334 e. The summed E-state index contributed by atoms with van der Waals surface area (Å²) in [6, 6.07) is 0.160. The van der Waals surface area contributed by atoms with Gasteiger partial charge in [0.1, 0.15) is 0 Å². The number of morpholine rings is 1. The van der Waals surface area contributed by atoms with Crippen LogP contribution >= 0.6 is 0 Å². The van der Waals surface area contributed by atoms with Crippen LogP contribution in [0.4, 0.5) is 0 Å². The smallest absolute Gasteiger partial charge is 0.334 e. The number of hydrogen-bond donors (Lipinski definition) is 2. The van der Waals surface area contributed by atoms with E-state index in [0.29, 0.717) is 19.1 Å². The number of amides is 1. The summed E-state index contributed by atoms with van der Waals surface area (Å²) in [6.07, 6.45) is 2.43. The molecule has 1 heterocycles. The summed E-state index contributed by atoms with van der Waals surface area (Å²) in [5.41, 5.74) is 0. The number of aliphatic carboxylic acids is 1. The lowest BCUT2D eigenvalue weighted by Crippen LogP contribution is -2.50. The molecule has 2 atom stereocenters. The Hall–Kier alpha value is -1.14. The Bertz CT molecular complexity index is 347. The molecule has 0 bridgehead atoms. The number of nitrogens with zero attached hydrogens (tertiary/aromatic N) is 1. The first-order valence-corrected chi connectivity index (χ1v) is 7.74. The monoisotopic (exact) mass is 300 g/mol. The van der Waals surface area contributed by atoms with Gasteiger partial charge in [-0.2, -0.15) is 0 Å². The average molecular weight is 300 g/mol. The summed E-state index contributed by atoms with van der Waals surface area (Å²) in [7, 11) is 0. The molecule has 1 aliphatic rings. The molecular formula is C15H28N2O4. The zero-order valence-corrected chi connectivity index (χ0v) is 13.3. The molecule has 0 aromatic carbocycles. The molecule has 1 fully saturated rings. The summed E-state index contributed by atoms with van der Waals surface area (Å²) < 4.78 is 5.13. The second-order valence-electron chi connectivity index (χ2n) is 6.23. The van der Waals surface area contributed by atoms with E-state index in [1.165, 1.54) is 6.42 Å². The van der Waals surface area contributed by atoms with Gasteiger partial charge >= 0.3 is 5.97 Å². The third kappa shape index (κ3) is 7.43. The van der Waals surface area contributed by atoms with Gasteiger partial charge in [-0.15, -0.1) is 0 Å². The largest absolute Gasteiger partial charge is 0.479 e. The second kappa shape index (κ2) is 9.00. The molecule has 0 saturated carbocycles. The van der Waals surface area contributed by atoms with Gasteiger partial charge in [-0.1, -0.05) is 26.7 Å². The van der Waals surface area contributed by atoms with Crippen LogP contribution in [0.1, 0.15) is 40.0 Å². The van der Waals surface area contributed by atoms with Crippen LogP contribution in [-0.2, 0) is 14.3 Å². The summed E-state index contributed by atoms with van der Waals surface area (Å²) in [5, 5.41) is 11.9. The molecule has 21 heavy (non-hydrogen) atoms. The van der Waals surface area contributed by atoms with Gasteiger partial charge in [0.25, 0.3) is 0 Å². The minimum absolute atomic E-state index is 0.0434. The zero-order valence-electron chi connectivity index (χ0n) is 13.3. The molecule has 0 aromatic rings. The number of carboxylic acid groups (broad SMARTS) is 1. The van der Waals surface area contributed by atoms with Gasteiger partial charge in [0, 0.05) is 19.1 Å². The first-order chi connectivity index (χ1) is 9.88. The van der Waals surface area contributed by atoms with Crippen molar-refractivity contribution in [2.75, 3.05) is 26.2 Å². The number of carboxylic acids is 1. The molecule has 1 amide bonds. The lowest BCUT2D eigenvalue weighted by atomic mass is 10.0. The first kappa shape index (κ1) is 17.9. The molecular weight excluding hydrogens is 272 g/mol. The number of rotatable bonds is 8. The Kier molecular flexibility index (Phi) is 7.67. The van der Waals surface area contributed by atoms with E-state index in [2.05, 4.69) is 19.2 Å². The molecule has 0 aliphatic carbocycles. The summed E-state index contributed by atoms with van der Waals surface area (Å²) in [6.45, 7) is 7.86. The molecule has 0 radical (unpaired) electrons. The standard InChI is InChI=1S/C15H28N2O4/c1-11(2)5-4-6-12(3)16-14(18)10-17-7-8-21-13(9-17)15(19)20/h11-13H,4-10H2,1-3H3,(H,16,18)(H,19,20). The van der Waals surface area contributed by atoms with Crippen LogP contribution < -0.4 is 5.32 Å².